The number of benzene rings is 3. The van der Waals surface area contributed by atoms with Gasteiger partial charge in [0.1, 0.15) is 11.6 Å². The van der Waals surface area contributed by atoms with Gasteiger partial charge in [-0.25, -0.2) is 9.97 Å². The van der Waals surface area contributed by atoms with E-state index in [2.05, 4.69) is 53.5 Å². The zero-order valence-electron chi connectivity index (χ0n) is 17.8. The van der Waals surface area contributed by atoms with Crippen LogP contribution in [0, 0.1) is 0 Å². The fourth-order valence-corrected chi connectivity index (χ4v) is 4.10. The van der Waals surface area contributed by atoms with E-state index in [1.54, 1.807) is 13.3 Å². The molecule has 5 aromatic rings. The molecule has 32 heavy (non-hydrogen) atoms. The van der Waals surface area contributed by atoms with Crippen molar-refractivity contribution in [1.29, 1.82) is 0 Å². The van der Waals surface area contributed by atoms with Crippen LogP contribution in [0.3, 0.4) is 0 Å². The first-order valence-electron chi connectivity index (χ1n) is 10.5. The number of methoxy groups -OCH3 is 1. The second kappa shape index (κ2) is 8.52. The zero-order chi connectivity index (χ0) is 21.9. The normalized spacial score (nSPS) is 10.9. The zero-order valence-corrected chi connectivity index (χ0v) is 17.8. The number of hydrogen-bond acceptors (Lipinski definition) is 4. The topological polar surface area (TPSA) is 61.0 Å². The summed E-state index contributed by atoms with van der Waals surface area (Å²) in [5.41, 5.74) is 13.6. The standard InChI is InChI=1S/C28H23N3O/c1-32-22-14-12-19(13-15-22)16-24-23-17-26(29)30-18-25(23)31-28(21-10-6-3-7-11-21)27(24)20-8-4-2-5-9-20/h2-15,17-18H,16H2,1H3,(H2,29,30). The van der Waals surface area contributed by atoms with E-state index in [-0.39, 0.29) is 0 Å². The van der Waals surface area contributed by atoms with Crippen molar-refractivity contribution in [3.8, 4) is 28.1 Å². The quantitative estimate of drug-likeness (QED) is 0.373. The van der Waals surface area contributed by atoms with Crippen molar-refractivity contribution in [2.45, 2.75) is 6.42 Å². The highest BCUT2D eigenvalue weighted by Gasteiger charge is 2.19. The average molecular weight is 418 g/mol. The molecule has 0 radical (unpaired) electrons. The lowest BCUT2D eigenvalue weighted by atomic mass is 9.89. The number of pyridine rings is 2. The van der Waals surface area contributed by atoms with Gasteiger partial charge in [0.25, 0.3) is 0 Å². The maximum Gasteiger partial charge on any atom is 0.124 e. The molecule has 3 aromatic carbocycles. The Morgan fingerprint density at radius 2 is 1.47 bits per heavy atom. The number of rotatable bonds is 5. The van der Waals surface area contributed by atoms with Gasteiger partial charge in [0.05, 0.1) is 24.5 Å². The summed E-state index contributed by atoms with van der Waals surface area (Å²) in [4.78, 5) is 9.37. The highest BCUT2D eigenvalue weighted by Crippen LogP contribution is 2.39. The average Bonchev–Trinajstić information content (AvgIpc) is 2.85. The van der Waals surface area contributed by atoms with E-state index < -0.39 is 0 Å². The Morgan fingerprint density at radius 3 is 2.12 bits per heavy atom. The lowest BCUT2D eigenvalue weighted by Crippen LogP contribution is -2.02. The van der Waals surface area contributed by atoms with Gasteiger partial charge < -0.3 is 10.5 Å². The molecule has 0 amide bonds. The summed E-state index contributed by atoms with van der Waals surface area (Å²) in [7, 11) is 1.68. The van der Waals surface area contributed by atoms with E-state index in [0.29, 0.717) is 5.82 Å². The molecule has 0 saturated heterocycles. The van der Waals surface area contributed by atoms with Gasteiger partial charge in [0.15, 0.2) is 0 Å². The van der Waals surface area contributed by atoms with Crippen molar-refractivity contribution in [3.05, 3.63) is 108 Å². The van der Waals surface area contributed by atoms with Crippen molar-refractivity contribution in [2.75, 3.05) is 12.8 Å². The number of fused-ring (bicyclic) bond motifs is 1. The molecule has 5 rings (SSSR count). The van der Waals surface area contributed by atoms with Gasteiger partial charge in [-0.15, -0.1) is 0 Å². The van der Waals surface area contributed by atoms with Gasteiger partial charge in [0.2, 0.25) is 0 Å². The highest BCUT2D eigenvalue weighted by molar-refractivity contribution is 5.96. The highest BCUT2D eigenvalue weighted by atomic mass is 16.5. The van der Waals surface area contributed by atoms with E-state index in [9.17, 15) is 0 Å². The Morgan fingerprint density at radius 1 is 0.812 bits per heavy atom. The van der Waals surface area contributed by atoms with Crippen molar-refractivity contribution >= 4 is 16.7 Å². The third kappa shape index (κ3) is 3.79. The van der Waals surface area contributed by atoms with Crippen LogP contribution in [0.15, 0.2) is 97.2 Å². The van der Waals surface area contributed by atoms with Crippen molar-refractivity contribution < 1.29 is 4.74 Å². The molecule has 0 spiro atoms. The number of hydrogen-bond donors (Lipinski definition) is 1. The Bertz CT molecular complexity index is 1370. The summed E-state index contributed by atoms with van der Waals surface area (Å²) >= 11 is 0. The summed E-state index contributed by atoms with van der Waals surface area (Å²) in [6, 6.07) is 30.9. The first kappa shape index (κ1) is 19.8. The Kier molecular flexibility index (Phi) is 5.26. The number of ether oxygens (including phenoxy) is 1. The van der Waals surface area contributed by atoms with Gasteiger partial charge >= 0.3 is 0 Å². The number of aromatic nitrogens is 2. The summed E-state index contributed by atoms with van der Waals surface area (Å²) in [6.07, 6.45) is 2.50. The first-order chi connectivity index (χ1) is 15.7. The molecular formula is C28H23N3O. The van der Waals surface area contributed by atoms with Crippen molar-refractivity contribution in [2.24, 2.45) is 0 Å². The van der Waals surface area contributed by atoms with Gasteiger partial charge in [-0.05, 0) is 41.3 Å². The lowest BCUT2D eigenvalue weighted by molar-refractivity contribution is 0.414. The predicted molar refractivity (Wildman–Crippen MR) is 131 cm³/mol. The summed E-state index contributed by atoms with van der Waals surface area (Å²) in [5.74, 6) is 1.33. The van der Waals surface area contributed by atoms with E-state index in [1.807, 2.05) is 42.5 Å². The summed E-state index contributed by atoms with van der Waals surface area (Å²) in [5, 5.41) is 1.02. The minimum Gasteiger partial charge on any atom is -0.497 e. The Labute approximate surface area is 187 Å². The predicted octanol–water partition coefficient (Wildman–Crippen LogP) is 6.15. The SMILES string of the molecule is COc1ccc(Cc2c(-c3ccccc3)c(-c3ccccc3)nc3cnc(N)cc23)cc1. The summed E-state index contributed by atoms with van der Waals surface area (Å²) in [6.45, 7) is 0. The number of nitrogen functional groups attached to an aromatic ring is 1. The van der Waals surface area contributed by atoms with E-state index in [4.69, 9.17) is 15.5 Å². The summed E-state index contributed by atoms with van der Waals surface area (Å²) < 4.78 is 5.34. The number of nitrogens with two attached hydrogens (primary N) is 1. The van der Waals surface area contributed by atoms with Crippen molar-refractivity contribution in [3.63, 3.8) is 0 Å². The molecule has 4 heteroatoms. The molecule has 156 valence electrons. The number of nitrogens with zero attached hydrogens (tertiary/aromatic N) is 2. The van der Waals surface area contributed by atoms with Gasteiger partial charge in [-0.2, -0.15) is 0 Å². The second-order valence-corrected chi connectivity index (χ2v) is 7.70. The van der Waals surface area contributed by atoms with E-state index in [1.165, 1.54) is 11.1 Å². The molecule has 2 heterocycles. The van der Waals surface area contributed by atoms with Gasteiger partial charge in [-0.3, -0.25) is 0 Å². The molecule has 0 unspecified atom stereocenters. The van der Waals surface area contributed by atoms with Crippen LogP contribution in [0.2, 0.25) is 0 Å². The van der Waals surface area contributed by atoms with Crippen LogP contribution in [-0.4, -0.2) is 17.1 Å². The van der Waals surface area contributed by atoms with Crippen LogP contribution < -0.4 is 10.5 Å². The Balaban J connectivity index is 1.82. The molecular weight excluding hydrogens is 394 g/mol. The smallest absolute Gasteiger partial charge is 0.124 e. The van der Waals surface area contributed by atoms with Crippen LogP contribution in [-0.2, 0) is 6.42 Å². The third-order valence-corrected chi connectivity index (χ3v) is 5.65. The lowest BCUT2D eigenvalue weighted by Gasteiger charge is -2.18. The van der Waals surface area contributed by atoms with Gasteiger partial charge in [0, 0.05) is 16.5 Å². The number of anilines is 1. The van der Waals surface area contributed by atoms with Crippen LogP contribution in [0.1, 0.15) is 11.1 Å². The maximum atomic E-state index is 6.11. The van der Waals surface area contributed by atoms with E-state index in [0.717, 1.165) is 45.5 Å². The molecule has 0 atom stereocenters. The van der Waals surface area contributed by atoms with Crippen LogP contribution in [0.5, 0.6) is 5.75 Å². The third-order valence-electron chi connectivity index (χ3n) is 5.65. The Hall–Kier alpha value is -4.18. The molecule has 0 aliphatic heterocycles. The molecule has 0 aliphatic rings. The van der Waals surface area contributed by atoms with Crippen molar-refractivity contribution in [1.82, 2.24) is 9.97 Å². The molecule has 2 N–H and O–H groups in total. The van der Waals surface area contributed by atoms with E-state index >= 15 is 0 Å². The molecule has 2 aromatic heterocycles. The largest absolute Gasteiger partial charge is 0.497 e. The molecule has 0 saturated carbocycles. The second-order valence-electron chi connectivity index (χ2n) is 7.70. The van der Waals surface area contributed by atoms with Crippen LogP contribution >= 0.6 is 0 Å². The fourth-order valence-electron chi connectivity index (χ4n) is 4.10. The fraction of sp³-hybridized carbons (Fsp3) is 0.0714. The molecule has 0 fully saturated rings. The van der Waals surface area contributed by atoms with Gasteiger partial charge in [-0.1, -0.05) is 72.8 Å². The maximum absolute atomic E-state index is 6.11. The van der Waals surface area contributed by atoms with Crippen LogP contribution in [0.25, 0.3) is 33.3 Å². The minimum absolute atomic E-state index is 0.488. The monoisotopic (exact) mass is 417 g/mol. The molecule has 0 bridgehead atoms. The molecule has 0 aliphatic carbocycles. The van der Waals surface area contributed by atoms with Crippen LogP contribution in [0.4, 0.5) is 5.82 Å². The molecule has 4 nitrogen and oxygen atoms in total. The first-order valence-corrected chi connectivity index (χ1v) is 10.5. The minimum atomic E-state index is 0.488.